The Kier molecular flexibility index (Phi) is 6.69. The van der Waals surface area contributed by atoms with Gasteiger partial charge in [0.05, 0.1) is 0 Å². The van der Waals surface area contributed by atoms with Crippen molar-refractivity contribution in [3.05, 3.63) is 108 Å². The first kappa shape index (κ1) is 19.5. The molecule has 2 nitrogen and oxygen atoms in total. The van der Waals surface area contributed by atoms with Gasteiger partial charge >= 0.3 is 0 Å². The van der Waals surface area contributed by atoms with Gasteiger partial charge in [0.25, 0.3) is 0 Å². The van der Waals surface area contributed by atoms with E-state index in [0.29, 0.717) is 0 Å². The van der Waals surface area contributed by atoms with Crippen LogP contribution in [0.15, 0.2) is 97.3 Å². The van der Waals surface area contributed by atoms with Crippen LogP contribution in [0.1, 0.15) is 25.0 Å². The van der Waals surface area contributed by atoms with Gasteiger partial charge < -0.3 is 10.2 Å². The Balaban J connectivity index is 1.72. The van der Waals surface area contributed by atoms with Gasteiger partial charge in [0.2, 0.25) is 0 Å². The predicted molar refractivity (Wildman–Crippen MR) is 124 cm³/mol. The number of anilines is 2. The summed E-state index contributed by atoms with van der Waals surface area (Å²) in [6.07, 6.45) is 14.7. The summed E-state index contributed by atoms with van der Waals surface area (Å²) in [6, 6.07) is 16.8. The smallest absolute Gasteiger partial charge is 0.0485 e. The molecule has 0 unspecified atom stereocenters. The maximum absolute atomic E-state index is 4.15. The summed E-state index contributed by atoms with van der Waals surface area (Å²) >= 11 is 0. The molecule has 142 valence electrons. The van der Waals surface area contributed by atoms with Crippen LogP contribution in [-0.2, 0) is 0 Å². The van der Waals surface area contributed by atoms with Crippen LogP contribution in [0.25, 0.3) is 11.6 Å². The summed E-state index contributed by atoms with van der Waals surface area (Å²) in [6.45, 7) is 10.3. The Morgan fingerprint density at radius 2 is 1.82 bits per heavy atom. The third-order valence-electron chi connectivity index (χ3n) is 4.69. The second-order valence-corrected chi connectivity index (χ2v) is 6.63. The van der Waals surface area contributed by atoms with E-state index in [-0.39, 0.29) is 0 Å². The standard InChI is InChI=1S/C26H28N2/c1-4-27-25-15-8-6-12-23(25)18-17-21(3)11-10-13-22-19-20-28(5-2)26-16-9-7-14-24(22)26/h6-20,27H,3-5H2,1-2H3. The zero-order chi connectivity index (χ0) is 19.8. The van der Waals surface area contributed by atoms with Gasteiger partial charge in [-0.1, -0.05) is 73.4 Å². The van der Waals surface area contributed by atoms with Crippen LogP contribution in [-0.4, -0.2) is 13.1 Å². The molecule has 0 atom stereocenters. The summed E-state index contributed by atoms with van der Waals surface area (Å²) in [5, 5.41) is 3.38. The van der Waals surface area contributed by atoms with Crippen LogP contribution in [0.3, 0.4) is 0 Å². The summed E-state index contributed by atoms with van der Waals surface area (Å²) in [7, 11) is 0. The Labute approximate surface area is 168 Å². The van der Waals surface area contributed by atoms with Crippen molar-refractivity contribution in [3.8, 4) is 0 Å². The molecule has 28 heavy (non-hydrogen) atoms. The molecule has 1 aliphatic rings. The van der Waals surface area contributed by atoms with Gasteiger partial charge in [0, 0.05) is 36.2 Å². The molecule has 2 heteroatoms. The fourth-order valence-corrected chi connectivity index (χ4v) is 3.25. The van der Waals surface area contributed by atoms with Crippen molar-refractivity contribution in [1.29, 1.82) is 0 Å². The van der Waals surface area contributed by atoms with Crippen LogP contribution in [0, 0.1) is 0 Å². The molecule has 0 saturated heterocycles. The van der Waals surface area contributed by atoms with Gasteiger partial charge in [-0.05, 0) is 48.8 Å². The highest BCUT2D eigenvalue weighted by molar-refractivity contribution is 5.86. The van der Waals surface area contributed by atoms with Crippen molar-refractivity contribution in [2.45, 2.75) is 13.8 Å². The van der Waals surface area contributed by atoms with E-state index in [9.17, 15) is 0 Å². The molecule has 0 amide bonds. The molecule has 0 bridgehead atoms. The quantitative estimate of drug-likeness (QED) is 0.548. The number of hydrogen-bond donors (Lipinski definition) is 1. The maximum Gasteiger partial charge on any atom is 0.0485 e. The molecular weight excluding hydrogens is 340 g/mol. The average Bonchev–Trinajstić information content (AvgIpc) is 2.73. The Hall–Kier alpha value is -3.26. The summed E-state index contributed by atoms with van der Waals surface area (Å²) < 4.78 is 0. The van der Waals surface area contributed by atoms with Crippen LogP contribution >= 0.6 is 0 Å². The van der Waals surface area contributed by atoms with Gasteiger partial charge in [-0.3, -0.25) is 0 Å². The second kappa shape index (κ2) is 9.61. The summed E-state index contributed by atoms with van der Waals surface area (Å²) in [4.78, 5) is 2.26. The van der Waals surface area contributed by atoms with E-state index in [2.05, 4.69) is 110 Å². The molecule has 0 saturated carbocycles. The first-order chi connectivity index (χ1) is 13.7. The third kappa shape index (κ3) is 4.72. The topological polar surface area (TPSA) is 15.3 Å². The monoisotopic (exact) mass is 368 g/mol. The number of nitrogens with one attached hydrogen (secondary N) is 1. The van der Waals surface area contributed by atoms with Gasteiger partial charge in [-0.2, -0.15) is 0 Å². The SMILES string of the molecule is C=C(C=CC=C1C=CN(CC)c2ccccc21)C=Cc1ccccc1NCC. The van der Waals surface area contributed by atoms with E-state index >= 15 is 0 Å². The number of benzene rings is 2. The highest BCUT2D eigenvalue weighted by atomic mass is 15.1. The number of nitrogens with zero attached hydrogens (tertiary/aromatic N) is 1. The average molecular weight is 369 g/mol. The second-order valence-electron chi connectivity index (χ2n) is 6.63. The molecule has 0 fully saturated rings. The Bertz CT molecular complexity index is 944. The first-order valence-corrected chi connectivity index (χ1v) is 9.85. The lowest BCUT2D eigenvalue weighted by Crippen LogP contribution is -2.18. The van der Waals surface area contributed by atoms with Crippen molar-refractivity contribution >= 4 is 23.0 Å². The third-order valence-corrected chi connectivity index (χ3v) is 4.69. The van der Waals surface area contributed by atoms with Crippen molar-refractivity contribution in [1.82, 2.24) is 0 Å². The number of allylic oxidation sites excluding steroid dienone is 7. The van der Waals surface area contributed by atoms with Crippen LogP contribution in [0.2, 0.25) is 0 Å². The Morgan fingerprint density at radius 1 is 1.04 bits per heavy atom. The molecule has 2 aromatic carbocycles. The van der Waals surface area contributed by atoms with Crippen LogP contribution in [0.5, 0.6) is 0 Å². The normalized spacial score (nSPS) is 14.8. The molecule has 1 aliphatic heterocycles. The highest BCUT2D eigenvalue weighted by Crippen LogP contribution is 2.32. The van der Waals surface area contributed by atoms with Gasteiger partial charge in [-0.25, -0.2) is 0 Å². The fourth-order valence-electron chi connectivity index (χ4n) is 3.25. The number of hydrogen-bond acceptors (Lipinski definition) is 2. The van der Waals surface area contributed by atoms with Crippen molar-refractivity contribution in [2.24, 2.45) is 0 Å². The Morgan fingerprint density at radius 3 is 2.64 bits per heavy atom. The zero-order valence-corrected chi connectivity index (χ0v) is 16.7. The maximum atomic E-state index is 4.15. The van der Waals surface area contributed by atoms with E-state index < -0.39 is 0 Å². The molecule has 0 aliphatic carbocycles. The van der Waals surface area contributed by atoms with Gasteiger partial charge in [0.15, 0.2) is 0 Å². The minimum Gasteiger partial charge on any atom is -0.385 e. The number of rotatable bonds is 7. The number of para-hydroxylation sites is 2. The largest absolute Gasteiger partial charge is 0.385 e. The molecule has 2 aromatic rings. The van der Waals surface area contributed by atoms with Crippen molar-refractivity contribution in [3.63, 3.8) is 0 Å². The predicted octanol–water partition coefficient (Wildman–Crippen LogP) is 6.68. The zero-order valence-electron chi connectivity index (χ0n) is 16.7. The number of fused-ring (bicyclic) bond motifs is 1. The molecule has 0 aromatic heterocycles. The van der Waals surface area contributed by atoms with Crippen LogP contribution in [0.4, 0.5) is 11.4 Å². The molecule has 0 spiro atoms. The van der Waals surface area contributed by atoms with E-state index in [1.807, 2.05) is 12.1 Å². The van der Waals surface area contributed by atoms with Gasteiger partial charge in [-0.15, -0.1) is 0 Å². The lowest BCUT2D eigenvalue weighted by molar-refractivity contribution is 1.01. The lowest BCUT2D eigenvalue weighted by atomic mass is 9.99. The molecule has 1 N–H and O–H groups in total. The van der Waals surface area contributed by atoms with E-state index in [1.165, 1.54) is 22.4 Å². The first-order valence-electron chi connectivity index (χ1n) is 9.85. The molecule has 3 rings (SSSR count). The molecule has 1 heterocycles. The van der Waals surface area contributed by atoms with Crippen molar-refractivity contribution < 1.29 is 0 Å². The molecule has 0 radical (unpaired) electrons. The summed E-state index contributed by atoms with van der Waals surface area (Å²) in [5.41, 5.74) is 7.01. The van der Waals surface area contributed by atoms with E-state index in [1.54, 1.807) is 0 Å². The summed E-state index contributed by atoms with van der Waals surface area (Å²) in [5.74, 6) is 0. The molecular formula is C26H28N2. The highest BCUT2D eigenvalue weighted by Gasteiger charge is 2.13. The minimum absolute atomic E-state index is 0.906. The fraction of sp³-hybridized carbons (Fsp3) is 0.154. The van der Waals surface area contributed by atoms with Crippen LogP contribution < -0.4 is 10.2 Å². The van der Waals surface area contributed by atoms with E-state index in [0.717, 1.165) is 24.4 Å². The van der Waals surface area contributed by atoms with Crippen molar-refractivity contribution in [2.75, 3.05) is 23.3 Å². The van der Waals surface area contributed by atoms with E-state index in [4.69, 9.17) is 0 Å². The lowest BCUT2D eigenvalue weighted by Gasteiger charge is -2.26. The van der Waals surface area contributed by atoms with Gasteiger partial charge in [0.1, 0.15) is 0 Å². The minimum atomic E-state index is 0.906.